The van der Waals surface area contributed by atoms with Gasteiger partial charge in [-0.15, -0.1) is 11.3 Å². The fourth-order valence-electron chi connectivity index (χ4n) is 2.66. The van der Waals surface area contributed by atoms with Gasteiger partial charge in [-0.3, -0.25) is 4.79 Å². The van der Waals surface area contributed by atoms with Gasteiger partial charge in [0.05, 0.1) is 18.8 Å². The molecular formula is C20H19ClFN3O3S. The van der Waals surface area contributed by atoms with E-state index in [2.05, 4.69) is 10.4 Å². The summed E-state index contributed by atoms with van der Waals surface area (Å²) in [6.07, 6.45) is -0.988. The third-order valence-corrected chi connectivity index (χ3v) is 5.45. The van der Waals surface area contributed by atoms with Gasteiger partial charge in [0.15, 0.2) is 6.10 Å². The highest BCUT2D eigenvalue weighted by atomic mass is 35.5. The van der Waals surface area contributed by atoms with E-state index in [1.165, 1.54) is 35.1 Å². The van der Waals surface area contributed by atoms with Gasteiger partial charge in [0, 0.05) is 4.88 Å². The predicted molar refractivity (Wildman–Crippen MR) is 109 cm³/mol. The standard InChI is InChI=1S/C20H19ClFN3O3S/c1-12-17(18(21)25(24-12)11-14-5-7-15(22)8-6-14)20(27)28-13(2)19(26)23-10-16-4-3-9-29-16/h3-9,13H,10-11H2,1-2H3,(H,23,26)/t13-/m0/s1. The number of nitrogens with one attached hydrogen (secondary N) is 1. The van der Waals surface area contributed by atoms with E-state index in [0.29, 0.717) is 12.2 Å². The lowest BCUT2D eigenvalue weighted by molar-refractivity contribution is -0.129. The Morgan fingerprint density at radius 2 is 2.03 bits per heavy atom. The van der Waals surface area contributed by atoms with Crippen molar-refractivity contribution in [2.24, 2.45) is 0 Å². The molecule has 0 radical (unpaired) electrons. The second kappa shape index (κ2) is 9.19. The molecule has 152 valence electrons. The van der Waals surface area contributed by atoms with Crippen molar-refractivity contribution in [1.29, 1.82) is 0 Å². The van der Waals surface area contributed by atoms with Crippen LogP contribution in [0.15, 0.2) is 41.8 Å². The van der Waals surface area contributed by atoms with E-state index >= 15 is 0 Å². The van der Waals surface area contributed by atoms with Gasteiger partial charge in [0.25, 0.3) is 5.91 Å². The van der Waals surface area contributed by atoms with E-state index in [4.69, 9.17) is 16.3 Å². The number of amides is 1. The average molecular weight is 436 g/mol. The summed E-state index contributed by atoms with van der Waals surface area (Å²) < 4.78 is 19.8. The number of hydrogen-bond acceptors (Lipinski definition) is 5. The largest absolute Gasteiger partial charge is 0.449 e. The minimum absolute atomic E-state index is 0.100. The summed E-state index contributed by atoms with van der Waals surface area (Å²) in [4.78, 5) is 25.7. The second-order valence-corrected chi connectivity index (χ2v) is 7.77. The molecule has 9 heteroatoms. The number of rotatable bonds is 7. The molecule has 1 aromatic carbocycles. The molecule has 0 aliphatic rings. The Morgan fingerprint density at radius 1 is 1.31 bits per heavy atom. The van der Waals surface area contributed by atoms with Gasteiger partial charge in [-0.2, -0.15) is 5.10 Å². The van der Waals surface area contributed by atoms with Crippen LogP contribution >= 0.6 is 22.9 Å². The number of halogens is 2. The van der Waals surface area contributed by atoms with Crippen LogP contribution in [0.5, 0.6) is 0 Å². The van der Waals surface area contributed by atoms with E-state index < -0.39 is 18.0 Å². The van der Waals surface area contributed by atoms with Crippen LogP contribution in [0.1, 0.15) is 33.4 Å². The number of aromatic nitrogens is 2. The molecular weight excluding hydrogens is 417 g/mol. The van der Waals surface area contributed by atoms with Crippen LogP contribution < -0.4 is 5.32 Å². The number of thiophene rings is 1. The van der Waals surface area contributed by atoms with Crippen LogP contribution in [0.4, 0.5) is 4.39 Å². The maximum Gasteiger partial charge on any atom is 0.343 e. The van der Waals surface area contributed by atoms with E-state index in [1.54, 1.807) is 19.1 Å². The molecule has 0 aliphatic carbocycles. The number of carbonyl (C=O) groups excluding carboxylic acids is 2. The molecule has 0 unspecified atom stereocenters. The summed E-state index contributed by atoms with van der Waals surface area (Å²) in [5.74, 6) is -1.47. The fourth-order valence-corrected chi connectivity index (χ4v) is 3.61. The van der Waals surface area contributed by atoms with Crippen LogP contribution in [-0.4, -0.2) is 27.8 Å². The molecule has 2 heterocycles. The number of ether oxygens (including phenoxy) is 1. The normalized spacial score (nSPS) is 11.9. The summed E-state index contributed by atoms with van der Waals surface area (Å²) in [5, 5.41) is 9.00. The van der Waals surface area contributed by atoms with Crippen molar-refractivity contribution < 1.29 is 18.7 Å². The first-order valence-electron chi connectivity index (χ1n) is 8.83. The van der Waals surface area contributed by atoms with E-state index in [1.807, 2.05) is 17.5 Å². The van der Waals surface area contributed by atoms with Crippen molar-refractivity contribution in [3.63, 3.8) is 0 Å². The Morgan fingerprint density at radius 3 is 2.69 bits per heavy atom. The third-order valence-electron chi connectivity index (χ3n) is 4.19. The Balaban J connectivity index is 1.64. The minimum Gasteiger partial charge on any atom is -0.449 e. The Hall–Kier alpha value is -2.71. The van der Waals surface area contributed by atoms with Gasteiger partial charge in [0.2, 0.25) is 0 Å². The Kier molecular flexibility index (Phi) is 6.66. The molecule has 2 aromatic heterocycles. The molecule has 3 aromatic rings. The summed E-state index contributed by atoms with van der Waals surface area (Å²) in [5.41, 5.74) is 1.26. The first-order chi connectivity index (χ1) is 13.8. The van der Waals surface area contributed by atoms with Crippen LogP contribution in [0.2, 0.25) is 5.15 Å². The zero-order chi connectivity index (χ0) is 21.0. The number of aryl methyl sites for hydroxylation is 1. The quantitative estimate of drug-likeness (QED) is 0.570. The number of hydrogen-bond donors (Lipinski definition) is 1. The maximum absolute atomic E-state index is 13.1. The number of esters is 1. The summed E-state index contributed by atoms with van der Waals surface area (Å²) in [6.45, 7) is 3.76. The molecule has 0 aliphatic heterocycles. The molecule has 0 saturated heterocycles. The molecule has 0 fully saturated rings. The maximum atomic E-state index is 13.1. The van der Waals surface area contributed by atoms with Crippen LogP contribution in [0.25, 0.3) is 0 Å². The van der Waals surface area contributed by atoms with Crippen LogP contribution in [0.3, 0.4) is 0 Å². The first-order valence-corrected chi connectivity index (χ1v) is 10.1. The lowest BCUT2D eigenvalue weighted by atomic mass is 10.2. The molecule has 1 atom stereocenters. The van der Waals surface area contributed by atoms with Gasteiger partial charge in [-0.25, -0.2) is 13.9 Å². The zero-order valence-corrected chi connectivity index (χ0v) is 17.4. The number of carbonyl (C=O) groups is 2. The van der Waals surface area contributed by atoms with Gasteiger partial charge in [0.1, 0.15) is 16.5 Å². The van der Waals surface area contributed by atoms with Crippen molar-refractivity contribution in [3.8, 4) is 0 Å². The summed E-state index contributed by atoms with van der Waals surface area (Å²) >= 11 is 7.85. The van der Waals surface area contributed by atoms with Crippen molar-refractivity contribution in [2.75, 3.05) is 0 Å². The van der Waals surface area contributed by atoms with Crippen molar-refractivity contribution >= 4 is 34.8 Å². The highest BCUT2D eigenvalue weighted by Gasteiger charge is 2.25. The van der Waals surface area contributed by atoms with Gasteiger partial charge in [-0.1, -0.05) is 29.8 Å². The Bertz CT molecular complexity index is 1000. The lowest BCUT2D eigenvalue weighted by Crippen LogP contribution is -2.35. The van der Waals surface area contributed by atoms with E-state index in [-0.39, 0.29) is 23.1 Å². The summed E-state index contributed by atoms with van der Waals surface area (Å²) in [7, 11) is 0. The number of nitrogens with zero attached hydrogens (tertiary/aromatic N) is 2. The molecule has 0 saturated carbocycles. The highest BCUT2D eigenvalue weighted by molar-refractivity contribution is 7.09. The van der Waals surface area contributed by atoms with Gasteiger partial charge in [-0.05, 0) is 43.0 Å². The van der Waals surface area contributed by atoms with Crippen molar-refractivity contribution in [3.05, 3.63) is 74.4 Å². The Labute approximate surface area is 176 Å². The molecule has 1 N–H and O–H groups in total. The molecule has 3 rings (SSSR count). The monoisotopic (exact) mass is 435 g/mol. The molecule has 0 spiro atoms. The van der Waals surface area contributed by atoms with Gasteiger partial charge < -0.3 is 10.1 Å². The van der Waals surface area contributed by atoms with Crippen LogP contribution in [-0.2, 0) is 22.6 Å². The first kappa shape index (κ1) is 21.0. The van der Waals surface area contributed by atoms with Crippen LogP contribution in [0, 0.1) is 12.7 Å². The zero-order valence-electron chi connectivity index (χ0n) is 15.8. The lowest BCUT2D eigenvalue weighted by Gasteiger charge is -2.13. The predicted octanol–water partition coefficient (Wildman–Crippen LogP) is 3.96. The highest BCUT2D eigenvalue weighted by Crippen LogP contribution is 2.22. The smallest absolute Gasteiger partial charge is 0.343 e. The molecule has 0 bridgehead atoms. The van der Waals surface area contributed by atoms with Gasteiger partial charge >= 0.3 is 5.97 Å². The van der Waals surface area contributed by atoms with E-state index in [9.17, 15) is 14.0 Å². The molecule has 29 heavy (non-hydrogen) atoms. The molecule has 6 nitrogen and oxygen atoms in total. The minimum atomic E-state index is -0.988. The topological polar surface area (TPSA) is 73.2 Å². The molecule has 1 amide bonds. The van der Waals surface area contributed by atoms with Crippen molar-refractivity contribution in [2.45, 2.75) is 33.0 Å². The summed E-state index contributed by atoms with van der Waals surface area (Å²) in [6, 6.07) is 9.70. The SMILES string of the molecule is Cc1nn(Cc2ccc(F)cc2)c(Cl)c1C(=O)O[C@@H](C)C(=O)NCc1cccs1. The van der Waals surface area contributed by atoms with E-state index in [0.717, 1.165) is 10.4 Å². The fraction of sp³-hybridized carbons (Fsp3) is 0.250. The second-order valence-electron chi connectivity index (χ2n) is 6.38. The van der Waals surface area contributed by atoms with Crippen molar-refractivity contribution in [1.82, 2.24) is 15.1 Å². The number of benzene rings is 1. The average Bonchev–Trinajstić information content (AvgIpc) is 3.29. The third kappa shape index (κ3) is 5.21.